The smallest absolute Gasteiger partial charge is 0.217 e. The van der Waals surface area contributed by atoms with Gasteiger partial charge >= 0.3 is 0 Å². The Morgan fingerprint density at radius 3 is 2.89 bits per heavy atom. The third-order valence-electron chi connectivity index (χ3n) is 2.52. The summed E-state index contributed by atoms with van der Waals surface area (Å²) in [4.78, 5) is 18.9. The lowest BCUT2D eigenvalue weighted by Crippen LogP contribution is -2.17. The quantitative estimate of drug-likeness (QED) is 0.923. The minimum absolute atomic E-state index is 0.0119. The predicted molar refractivity (Wildman–Crippen MR) is 78.4 cm³/mol. The Hall–Kier alpha value is -1.24. The van der Waals surface area contributed by atoms with E-state index in [1.165, 1.54) is 11.8 Å². The molecule has 0 saturated carbocycles. The van der Waals surface area contributed by atoms with Crippen molar-refractivity contribution < 1.29 is 9.53 Å². The molecule has 0 atom stereocenters. The van der Waals surface area contributed by atoms with Gasteiger partial charge in [-0.05, 0) is 19.1 Å². The predicted octanol–water partition coefficient (Wildman–Crippen LogP) is 2.96. The zero-order valence-electron chi connectivity index (χ0n) is 11.1. The largest absolute Gasteiger partial charge is 0.378 e. The highest BCUT2D eigenvalue weighted by molar-refractivity contribution is 7.16. The van der Waals surface area contributed by atoms with Crippen LogP contribution in [0.1, 0.15) is 21.7 Å². The number of carbonyl (C=O) groups excluding carboxylic acids is 1. The first kappa shape index (κ1) is 14.2. The Labute approximate surface area is 120 Å². The number of aromatic nitrogens is 1. The highest BCUT2D eigenvalue weighted by Crippen LogP contribution is 2.32. The van der Waals surface area contributed by atoms with Gasteiger partial charge in [-0.25, -0.2) is 4.98 Å². The van der Waals surface area contributed by atoms with E-state index in [4.69, 9.17) is 4.74 Å². The van der Waals surface area contributed by atoms with E-state index in [0.29, 0.717) is 13.2 Å². The normalized spacial score (nSPS) is 10.7. The maximum absolute atomic E-state index is 10.9. The minimum atomic E-state index is -0.0119. The Morgan fingerprint density at radius 2 is 2.21 bits per heavy atom. The summed E-state index contributed by atoms with van der Waals surface area (Å²) in [5.74, 6) is -0.0119. The number of methoxy groups -OCH3 is 1. The molecule has 4 nitrogen and oxygen atoms in total. The molecule has 6 heteroatoms. The Balaban J connectivity index is 2.15. The van der Waals surface area contributed by atoms with Crippen molar-refractivity contribution in [3.8, 4) is 10.6 Å². The third-order valence-corrected chi connectivity index (χ3v) is 4.55. The van der Waals surface area contributed by atoms with Gasteiger partial charge in [-0.15, -0.1) is 22.7 Å². The second-order valence-corrected chi connectivity index (χ2v) is 6.58. The Morgan fingerprint density at radius 1 is 1.42 bits per heavy atom. The molecule has 0 aromatic carbocycles. The molecular weight excluding hydrogens is 280 g/mol. The second kappa shape index (κ2) is 6.27. The summed E-state index contributed by atoms with van der Waals surface area (Å²) in [7, 11) is 1.67. The molecule has 2 aromatic heterocycles. The van der Waals surface area contributed by atoms with Crippen LogP contribution in [0.3, 0.4) is 0 Å². The first-order chi connectivity index (χ1) is 9.10. The number of hydrogen-bond acceptors (Lipinski definition) is 5. The van der Waals surface area contributed by atoms with E-state index in [9.17, 15) is 4.79 Å². The number of rotatable bonds is 5. The molecular formula is C13H16N2O2S2. The monoisotopic (exact) mass is 296 g/mol. The van der Waals surface area contributed by atoms with Crippen molar-refractivity contribution in [3.05, 3.63) is 26.9 Å². The van der Waals surface area contributed by atoms with Crippen LogP contribution in [-0.4, -0.2) is 18.0 Å². The van der Waals surface area contributed by atoms with Crippen LogP contribution in [0.15, 0.2) is 12.1 Å². The highest BCUT2D eigenvalue weighted by Gasteiger charge is 2.12. The molecule has 0 aliphatic rings. The van der Waals surface area contributed by atoms with Gasteiger partial charge in [0.25, 0.3) is 0 Å². The lowest BCUT2D eigenvalue weighted by atomic mass is 10.3. The van der Waals surface area contributed by atoms with Gasteiger partial charge in [-0.3, -0.25) is 4.79 Å². The molecule has 19 heavy (non-hydrogen) atoms. The van der Waals surface area contributed by atoms with Crippen LogP contribution in [0.5, 0.6) is 0 Å². The average molecular weight is 296 g/mol. The number of aryl methyl sites for hydroxylation is 1. The Bertz CT molecular complexity index is 575. The molecule has 0 fully saturated rings. The van der Waals surface area contributed by atoms with Crippen molar-refractivity contribution in [1.82, 2.24) is 10.3 Å². The molecule has 1 N–H and O–H groups in total. The lowest BCUT2D eigenvalue weighted by molar-refractivity contribution is -0.119. The van der Waals surface area contributed by atoms with Gasteiger partial charge in [-0.2, -0.15) is 0 Å². The molecule has 1 amide bonds. The van der Waals surface area contributed by atoms with Gasteiger partial charge < -0.3 is 10.1 Å². The number of nitrogens with one attached hydrogen (secondary N) is 1. The third kappa shape index (κ3) is 3.62. The highest BCUT2D eigenvalue weighted by atomic mass is 32.1. The first-order valence-corrected chi connectivity index (χ1v) is 7.52. The summed E-state index contributed by atoms with van der Waals surface area (Å²) in [6, 6.07) is 4.09. The number of carbonyl (C=O) groups is 1. The van der Waals surface area contributed by atoms with Crippen LogP contribution in [-0.2, 0) is 22.7 Å². The maximum atomic E-state index is 10.9. The number of ether oxygens (including phenoxy) is 1. The van der Waals surface area contributed by atoms with E-state index in [2.05, 4.69) is 23.3 Å². The number of thiazole rings is 1. The molecule has 0 unspecified atom stereocenters. The number of nitrogens with zero attached hydrogens (tertiary/aromatic N) is 1. The second-order valence-electron chi connectivity index (χ2n) is 4.12. The fourth-order valence-electron chi connectivity index (χ4n) is 1.68. The summed E-state index contributed by atoms with van der Waals surface area (Å²) >= 11 is 3.32. The van der Waals surface area contributed by atoms with Crippen molar-refractivity contribution >= 4 is 28.6 Å². The van der Waals surface area contributed by atoms with Gasteiger partial charge in [0, 0.05) is 23.8 Å². The molecule has 0 aliphatic heterocycles. The SMILES string of the molecule is COCc1nc(-c2ccc(CNC(C)=O)s2)c(C)s1. The van der Waals surface area contributed by atoms with Gasteiger partial charge in [0.1, 0.15) is 5.01 Å². The molecule has 2 heterocycles. The van der Waals surface area contributed by atoms with Gasteiger partial charge in [0.2, 0.25) is 5.91 Å². The molecule has 0 saturated heterocycles. The fourth-order valence-corrected chi connectivity index (χ4v) is 3.66. The van der Waals surface area contributed by atoms with E-state index in [1.54, 1.807) is 29.8 Å². The molecule has 0 spiro atoms. The van der Waals surface area contributed by atoms with Crippen LogP contribution in [0.4, 0.5) is 0 Å². The van der Waals surface area contributed by atoms with Crippen molar-refractivity contribution in [2.24, 2.45) is 0 Å². The zero-order chi connectivity index (χ0) is 13.8. The van der Waals surface area contributed by atoms with E-state index < -0.39 is 0 Å². The van der Waals surface area contributed by atoms with Crippen LogP contribution in [0, 0.1) is 6.92 Å². The van der Waals surface area contributed by atoms with Crippen molar-refractivity contribution in [1.29, 1.82) is 0 Å². The van der Waals surface area contributed by atoms with Gasteiger partial charge in [0.05, 0.1) is 23.7 Å². The van der Waals surface area contributed by atoms with E-state index >= 15 is 0 Å². The van der Waals surface area contributed by atoms with Crippen LogP contribution in [0.2, 0.25) is 0 Å². The van der Waals surface area contributed by atoms with E-state index in [0.717, 1.165) is 20.5 Å². The zero-order valence-corrected chi connectivity index (χ0v) is 12.8. The molecule has 0 radical (unpaired) electrons. The first-order valence-electron chi connectivity index (χ1n) is 5.89. The van der Waals surface area contributed by atoms with Gasteiger partial charge in [0.15, 0.2) is 0 Å². The summed E-state index contributed by atoms with van der Waals surface area (Å²) in [5.41, 5.74) is 1.02. The lowest BCUT2D eigenvalue weighted by Gasteiger charge is -1.97. The average Bonchev–Trinajstić information content (AvgIpc) is 2.94. The van der Waals surface area contributed by atoms with Crippen LogP contribution < -0.4 is 5.32 Å². The van der Waals surface area contributed by atoms with Crippen LogP contribution >= 0.6 is 22.7 Å². The Kier molecular flexibility index (Phi) is 4.68. The summed E-state index contributed by atoms with van der Waals surface area (Å²) in [5, 5.41) is 3.79. The standard InChI is InChI=1S/C13H16N2O2S2/c1-8-13(15-12(18-8)7-17-3)11-5-4-10(19-11)6-14-9(2)16/h4-5H,6-7H2,1-3H3,(H,14,16). The summed E-state index contributed by atoms with van der Waals surface area (Å²) in [6.07, 6.45) is 0. The number of thiophene rings is 1. The number of hydrogen-bond donors (Lipinski definition) is 1. The molecule has 2 aromatic rings. The topological polar surface area (TPSA) is 51.2 Å². The molecule has 0 bridgehead atoms. The minimum Gasteiger partial charge on any atom is -0.378 e. The summed E-state index contributed by atoms with van der Waals surface area (Å²) < 4.78 is 5.11. The van der Waals surface area contributed by atoms with Crippen molar-refractivity contribution in [2.45, 2.75) is 27.0 Å². The van der Waals surface area contributed by atoms with Gasteiger partial charge in [-0.1, -0.05) is 0 Å². The molecule has 0 aliphatic carbocycles. The van der Waals surface area contributed by atoms with Crippen molar-refractivity contribution in [3.63, 3.8) is 0 Å². The number of amides is 1. The molecule has 2 rings (SSSR count). The fraction of sp³-hybridized carbons (Fsp3) is 0.385. The van der Waals surface area contributed by atoms with E-state index in [-0.39, 0.29) is 5.91 Å². The van der Waals surface area contributed by atoms with Crippen molar-refractivity contribution in [2.75, 3.05) is 7.11 Å². The van der Waals surface area contributed by atoms with Crippen LogP contribution in [0.25, 0.3) is 10.6 Å². The maximum Gasteiger partial charge on any atom is 0.217 e. The van der Waals surface area contributed by atoms with E-state index in [1.807, 2.05) is 6.07 Å². The summed E-state index contributed by atoms with van der Waals surface area (Å²) in [6.45, 7) is 4.72. The molecule has 102 valence electrons.